The van der Waals surface area contributed by atoms with E-state index in [9.17, 15) is 14.7 Å². The van der Waals surface area contributed by atoms with E-state index in [0.29, 0.717) is 11.5 Å². The molecular formula is C17H17NO5S. The number of fused-ring (bicyclic) bond motifs is 3. The molecular weight excluding hydrogens is 330 g/mol. The van der Waals surface area contributed by atoms with Crippen LogP contribution in [0.15, 0.2) is 30.3 Å². The molecule has 24 heavy (non-hydrogen) atoms. The molecule has 1 aromatic heterocycles. The second-order valence-corrected chi connectivity index (χ2v) is 6.45. The summed E-state index contributed by atoms with van der Waals surface area (Å²) in [4.78, 5) is 25.1. The van der Waals surface area contributed by atoms with Gasteiger partial charge < -0.3 is 19.9 Å². The minimum Gasteiger partial charge on any atom is -0.488 e. The number of thiophene rings is 1. The summed E-state index contributed by atoms with van der Waals surface area (Å²) in [5.74, 6) is -0.673. The molecule has 3 rings (SSSR count). The highest BCUT2D eigenvalue weighted by Gasteiger charge is 2.25. The van der Waals surface area contributed by atoms with Crippen LogP contribution in [0, 0.1) is 0 Å². The summed E-state index contributed by atoms with van der Waals surface area (Å²) in [6.07, 6.45) is 0.217. The van der Waals surface area contributed by atoms with Crippen molar-refractivity contribution in [3.05, 3.63) is 40.8 Å². The van der Waals surface area contributed by atoms with Gasteiger partial charge in [-0.15, -0.1) is 11.3 Å². The van der Waals surface area contributed by atoms with E-state index < -0.39 is 17.9 Å². The molecule has 0 spiro atoms. The third-order valence-electron chi connectivity index (χ3n) is 3.76. The highest BCUT2D eigenvalue weighted by Crippen LogP contribution is 2.42. The number of hydrogen-bond donors (Lipinski definition) is 2. The molecule has 1 aliphatic heterocycles. The van der Waals surface area contributed by atoms with Crippen molar-refractivity contribution in [2.75, 3.05) is 13.7 Å². The molecule has 126 valence electrons. The van der Waals surface area contributed by atoms with E-state index in [4.69, 9.17) is 9.47 Å². The molecule has 0 radical (unpaired) electrons. The number of ether oxygens (including phenoxy) is 2. The van der Waals surface area contributed by atoms with Gasteiger partial charge in [-0.2, -0.15) is 0 Å². The first-order valence-corrected chi connectivity index (χ1v) is 8.29. The molecule has 0 bridgehead atoms. The Bertz CT molecular complexity index is 770. The second-order valence-electron chi connectivity index (χ2n) is 5.40. The lowest BCUT2D eigenvalue weighted by Gasteiger charge is -2.16. The van der Waals surface area contributed by atoms with Crippen molar-refractivity contribution in [3.8, 4) is 16.2 Å². The zero-order chi connectivity index (χ0) is 17.1. The number of carboxylic acid groups (broad SMARTS) is 1. The quantitative estimate of drug-likeness (QED) is 0.839. The first kappa shape index (κ1) is 16.5. The summed E-state index contributed by atoms with van der Waals surface area (Å²) in [6, 6.07) is 8.45. The monoisotopic (exact) mass is 347 g/mol. The summed E-state index contributed by atoms with van der Waals surface area (Å²) in [5, 5.41) is 11.8. The molecule has 1 aliphatic rings. The minimum absolute atomic E-state index is 0.217. The summed E-state index contributed by atoms with van der Waals surface area (Å²) >= 11 is 1.35. The molecule has 0 saturated carbocycles. The molecule has 1 atom stereocenters. The largest absolute Gasteiger partial charge is 0.488 e. The van der Waals surface area contributed by atoms with Gasteiger partial charge in [0, 0.05) is 36.1 Å². The van der Waals surface area contributed by atoms with Gasteiger partial charge >= 0.3 is 5.97 Å². The van der Waals surface area contributed by atoms with Crippen molar-refractivity contribution in [2.45, 2.75) is 19.1 Å². The molecule has 6 nitrogen and oxygen atoms in total. The maximum Gasteiger partial charge on any atom is 0.326 e. The average molecular weight is 347 g/mol. The fourth-order valence-corrected chi connectivity index (χ4v) is 3.63. The van der Waals surface area contributed by atoms with E-state index in [1.807, 2.05) is 24.3 Å². The van der Waals surface area contributed by atoms with Crippen LogP contribution in [0.3, 0.4) is 0 Å². The maximum absolute atomic E-state index is 12.4. The number of benzene rings is 1. The summed E-state index contributed by atoms with van der Waals surface area (Å²) in [5.41, 5.74) is 1.89. The van der Waals surface area contributed by atoms with Crippen LogP contribution in [0.5, 0.6) is 5.75 Å². The number of rotatable bonds is 6. The van der Waals surface area contributed by atoms with Gasteiger partial charge in [-0.05, 0) is 18.2 Å². The standard InChI is InChI=1S/C17H17NO5S/c1-22-7-6-12(17(20)21)18-16(19)14-8-10-9-23-13-5-3-2-4-11(13)15(10)24-14/h2-5,8,12H,6-7,9H2,1H3,(H,18,19)(H,20,21). The van der Waals surface area contributed by atoms with E-state index >= 15 is 0 Å². The third kappa shape index (κ3) is 3.27. The molecule has 2 heterocycles. The Morgan fingerprint density at radius 2 is 2.21 bits per heavy atom. The van der Waals surface area contributed by atoms with Gasteiger partial charge in [0.15, 0.2) is 0 Å². The van der Waals surface area contributed by atoms with Gasteiger partial charge in [0.25, 0.3) is 5.91 Å². The van der Waals surface area contributed by atoms with Crippen molar-refractivity contribution in [1.82, 2.24) is 5.32 Å². The van der Waals surface area contributed by atoms with E-state index in [1.54, 1.807) is 6.07 Å². The number of para-hydroxylation sites is 1. The fraction of sp³-hybridized carbons (Fsp3) is 0.294. The van der Waals surface area contributed by atoms with Crippen molar-refractivity contribution in [2.24, 2.45) is 0 Å². The van der Waals surface area contributed by atoms with Gasteiger partial charge in [-0.1, -0.05) is 12.1 Å². The Balaban J connectivity index is 1.80. The lowest BCUT2D eigenvalue weighted by molar-refractivity contribution is -0.139. The lowest BCUT2D eigenvalue weighted by atomic mass is 10.1. The first-order valence-electron chi connectivity index (χ1n) is 7.47. The zero-order valence-electron chi connectivity index (χ0n) is 13.1. The molecule has 0 saturated heterocycles. The van der Waals surface area contributed by atoms with Crippen molar-refractivity contribution in [1.29, 1.82) is 0 Å². The topological polar surface area (TPSA) is 84.9 Å². The Labute approximate surface area is 143 Å². The number of methoxy groups -OCH3 is 1. The van der Waals surface area contributed by atoms with Crippen LogP contribution in [0.4, 0.5) is 0 Å². The summed E-state index contributed by atoms with van der Waals surface area (Å²) in [7, 11) is 1.49. The predicted octanol–water partition coefficient (Wildman–Crippen LogP) is 2.53. The van der Waals surface area contributed by atoms with E-state index in [-0.39, 0.29) is 13.0 Å². The Morgan fingerprint density at radius 1 is 1.42 bits per heavy atom. The minimum atomic E-state index is -1.07. The number of amides is 1. The molecule has 1 amide bonds. The van der Waals surface area contributed by atoms with Gasteiger partial charge in [0.05, 0.1) is 4.88 Å². The molecule has 2 aromatic rings. The number of carbonyl (C=O) groups is 2. The van der Waals surface area contributed by atoms with Crippen LogP contribution < -0.4 is 10.1 Å². The van der Waals surface area contributed by atoms with Crippen LogP contribution >= 0.6 is 11.3 Å². The normalized spacial score (nSPS) is 13.4. The number of carboxylic acids is 1. The number of aliphatic carboxylic acids is 1. The second kappa shape index (κ2) is 7.02. The fourth-order valence-electron chi connectivity index (χ4n) is 2.53. The zero-order valence-corrected chi connectivity index (χ0v) is 13.9. The van der Waals surface area contributed by atoms with Crippen molar-refractivity contribution < 1.29 is 24.2 Å². The van der Waals surface area contributed by atoms with Crippen LogP contribution in [0.2, 0.25) is 0 Å². The SMILES string of the molecule is COCCC(NC(=O)c1cc2c(s1)-c1ccccc1OC2)C(=O)O. The highest BCUT2D eigenvalue weighted by molar-refractivity contribution is 7.17. The van der Waals surface area contributed by atoms with Crippen LogP contribution in [0.1, 0.15) is 21.7 Å². The molecule has 1 aromatic carbocycles. The Hall–Kier alpha value is -2.38. The molecule has 0 fully saturated rings. The van der Waals surface area contributed by atoms with Crippen LogP contribution in [-0.4, -0.2) is 36.7 Å². The maximum atomic E-state index is 12.4. The van der Waals surface area contributed by atoms with Crippen LogP contribution in [-0.2, 0) is 16.1 Å². The van der Waals surface area contributed by atoms with Crippen molar-refractivity contribution >= 4 is 23.2 Å². The number of hydrogen-bond acceptors (Lipinski definition) is 5. The Kier molecular flexibility index (Phi) is 4.82. The smallest absolute Gasteiger partial charge is 0.326 e. The van der Waals surface area contributed by atoms with E-state index in [2.05, 4.69) is 5.32 Å². The molecule has 2 N–H and O–H groups in total. The third-order valence-corrected chi connectivity index (χ3v) is 4.97. The average Bonchev–Trinajstić information content (AvgIpc) is 3.03. The Morgan fingerprint density at radius 3 is 2.96 bits per heavy atom. The summed E-state index contributed by atoms with van der Waals surface area (Å²) in [6.45, 7) is 0.668. The first-order chi connectivity index (χ1) is 11.6. The van der Waals surface area contributed by atoms with Gasteiger partial charge in [-0.25, -0.2) is 4.79 Å². The van der Waals surface area contributed by atoms with E-state index in [0.717, 1.165) is 21.8 Å². The van der Waals surface area contributed by atoms with Gasteiger partial charge in [-0.3, -0.25) is 4.79 Å². The summed E-state index contributed by atoms with van der Waals surface area (Å²) < 4.78 is 10.6. The predicted molar refractivity (Wildman–Crippen MR) is 89.5 cm³/mol. The molecule has 1 unspecified atom stereocenters. The molecule has 0 aliphatic carbocycles. The highest BCUT2D eigenvalue weighted by atomic mass is 32.1. The van der Waals surface area contributed by atoms with Gasteiger partial charge in [0.2, 0.25) is 0 Å². The van der Waals surface area contributed by atoms with Gasteiger partial charge in [0.1, 0.15) is 18.4 Å². The number of nitrogens with one attached hydrogen (secondary N) is 1. The van der Waals surface area contributed by atoms with E-state index in [1.165, 1.54) is 18.4 Å². The number of carbonyl (C=O) groups excluding carboxylic acids is 1. The van der Waals surface area contributed by atoms with Crippen LogP contribution in [0.25, 0.3) is 10.4 Å². The van der Waals surface area contributed by atoms with Crippen molar-refractivity contribution in [3.63, 3.8) is 0 Å². The lowest BCUT2D eigenvalue weighted by Crippen LogP contribution is -2.41. The molecule has 7 heteroatoms.